The van der Waals surface area contributed by atoms with Gasteiger partial charge in [0.25, 0.3) is 0 Å². The third kappa shape index (κ3) is 7.95. The number of rotatable bonds is 15. The lowest BCUT2D eigenvalue weighted by molar-refractivity contribution is -0.179. The Bertz CT molecular complexity index is 853. The number of carbonyl (C=O) groups excluding carboxylic acids is 1. The molecule has 0 saturated heterocycles. The Balaban J connectivity index is 2.39. The van der Waals surface area contributed by atoms with Gasteiger partial charge in [0, 0.05) is 25.7 Å². The quantitative estimate of drug-likeness (QED) is 0.227. The molecule has 5 unspecified atom stereocenters. The highest BCUT2D eigenvalue weighted by molar-refractivity contribution is 5.75. The zero-order valence-electron chi connectivity index (χ0n) is 22.9. The van der Waals surface area contributed by atoms with Crippen molar-refractivity contribution in [3.8, 4) is 11.5 Å². The van der Waals surface area contributed by atoms with Crippen LogP contribution in [0.1, 0.15) is 59.6 Å². The van der Waals surface area contributed by atoms with Crippen molar-refractivity contribution in [2.75, 3.05) is 26.9 Å². The summed E-state index contributed by atoms with van der Waals surface area (Å²) in [5.41, 5.74) is 1.22. The largest absolute Gasteiger partial charge is 0.488 e. The Hall–Kier alpha value is -2.61. The summed E-state index contributed by atoms with van der Waals surface area (Å²) >= 11 is 0. The van der Waals surface area contributed by atoms with Crippen molar-refractivity contribution < 1.29 is 33.2 Å². The summed E-state index contributed by atoms with van der Waals surface area (Å²) in [4.78, 5) is 13.2. The van der Waals surface area contributed by atoms with Crippen LogP contribution in [0.15, 0.2) is 48.5 Å². The van der Waals surface area contributed by atoms with Crippen LogP contribution in [0, 0.1) is 5.92 Å². The van der Waals surface area contributed by atoms with Gasteiger partial charge in [0.05, 0.1) is 12.5 Å². The van der Waals surface area contributed by atoms with Crippen LogP contribution in [-0.4, -0.2) is 51.6 Å². The van der Waals surface area contributed by atoms with Crippen LogP contribution in [0.3, 0.4) is 0 Å². The fraction of sp³-hybridized carbons (Fsp3) is 0.552. The van der Waals surface area contributed by atoms with Gasteiger partial charge in [-0.15, -0.1) is 0 Å². The molecule has 0 amide bonds. The first-order chi connectivity index (χ1) is 17.1. The maximum Gasteiger partial charge on any atom is 0.312 e. The Kier molecular flexibility index (Phi) is 11.7. The molecule has 36 heavy (non-hydrogen) atoms. The van der Waals surface area contributed by atoms with Crippen molar-refractivity contribution in [3.05, 3.63) is 59.7 Å². The lowest BCUT2D eigenvalue weighted by atomic mass is 9.68. The van der Waals surface area contributed by atoms with Gasteiger partial charge >= 0.3 is 5.97 Å². The van der Waals surface area contributed by atoms with Gasteiger partial charge in [0.1, 0.15) is 17.6 Å². The molecule has 7 nitrogen and oxygen atoms in total. The molecule has 0 saturated carbocycles. The number of benzene rings is 2. The number of ether oxygens (including phenoxy) is 6. The first-order valence-electron chi connectivity index (χ1n) is 12.6. The molecular formula is C29H42O7. The average molecular weight is 503 g/mol. The molecule has 5 atom stereocenters. The van der Waals surface area contributed by atoms with Gasteiger partial charge in [0.15, 0.2) is 12.6 Å². The second-order valence-corrected chi connectivity index (χ2v) is 8.96. The third-order valence-electron chi connectivity index (χ3n) is 6.25. The van der Waals surface area contributed by atoms with E-state index in [0.29, 0.717) is 25.6 Å². The molecule has 0 aliphatic carbocycles. The van der Waals surface area contributed by atoms with Crippen molar-refractivity contribution in [2.45, 2.75) is 72.6 Å². The zero-order valence-corrected chi connectivity index (χ0v) is 22.9. The number of methoxy groups -OCH3 is 1. The van der Waals surface area contributed by atoms with Gasteiger partial charge in [0.2, 0.25) is 0 Å². The van der Waals surface area contributed by atoms with Crippen molar-refractivity contribution in [1.82, 2.24) is 0 Å². The van der Waals surface area contributed by atoms with Gasteiger partial charge in [-0.3, -0.25) is 4.79 Å². The van der Waals surface area contributed by atoms with Crippen molar-refractivity contribution in [2.24, 2.45) is 5.92 Å². The summed E-state index contributed by atoms with van der Waals surface area (Å²) in [5.74, 6) is 0.587. The van der Waals surface area contributed by atoms with Gasteiger partial charge in [-0.2, -0.15) is 0 Å². The summed E-state index contributed by atoms with van der Waals surface area (Å²) in [6, 6.07) is 15.6. The molecular weight excluding hydrogens is 460 g/mol. The van der Waals surface area contributed by atoms with Crippen LogP contribution >= 0.6 is 0 Å². The van der Waals surface area contributed by atoms with Crippen molar-refractivity contribution >= 4 is 5.97 Å². The Morgan fingerprint density at radius 2 is 1.25 bits per heavy atom. The lowest BCUT2D eigenvalue weighted by Crippen LogP contribution is -2.39. The minimum Gasteiger partial charge on any atom is -0.488 e. The van der Waals surface area contributed by atoms with E-state index >= 15 is 0 Å². The molecule has 0 radical (unpaired) electrons. The van der Waals surface area contributed by atoms with Crippen molar-refractivity contribution in [1.29, 1.82) is 0 Å². The molecule has 0 aliphatic heterocycles. The minimum absolute atomic E-state index is 0.0761. The molecule has 0 fully saturated rings. The highest BCUT2D eigenvalue weighted by Gasteiger charge is 2.40. The SMILES string of the molecule is CCOC(C)OC(=O)C(C)C(C)(c1ccc(OC(C)COC)cc1)c1ccc(OC(C)OCC)cc1. The summed E-state index contributed by atoms with van der Waals surface area (Å²) in [5, 5.41) is 0. The number of hydrogen-bond donors (Lipinski definition) is 0. The monoisotopic (exact) mass is 502 g/mol. The maximum atomic E-state index is 13.2. The van der Waals surface area contributed by atoms with E-state index < -0.39 is 17.6 Å². The van der Waals surface area contributed by atoms with E-state index in [2.05, 4.69) is 0 Å². The first kappa shape index (κ1) is 29.6. The average Bonchev–Trinajstić information content (AvgIpc) is 2.84. The van der Waals surface area contributed by atoms with E-state index in [1.165, 1.54) is 0 Å². The predicted molar refractivity (Wildman–Crippen MR) is 139 cm³/mol. The van der Waals surface area contributed by atoms with E-state index in [1.807, 2.05) is 90.1 Å². The molecule has 2 aromatic carbocycles. The van der Waals surface area contributed by atoms with Crippen LogP contribution < -0.4 is 9.47 Å². The smallest absolute Gasteiger partial charge is 0.312 e. The predicted octanol–water partition coefficient (Wildman–Crippen LogP) is 5.73. The summed E-state index contributed by atoms with van der Waals surface area (Å²) in [6.07, 6.45) is -1.05. The molecule has 0 aliphatic rings. The van der Waals surface area contributed by atoms with E-state index in [4.69, 9.17) is 28.4 Å². The molecule has 0 heterocycles. The first-order valence-corrected chi connectivity index (χ1v) is 12.6. The molecule has 2 rings (SSSR count). The second-order valence-electron chi connectivity index (χ2n) is 8.96. The standard InChI is InChI=1S/C29H42O7/c1-9-32-22(5)35-27-17-13-25(14-18-27)29(7,21(4)28(30)36-23(6)33-10-2)24-11-15-26(16-12-24)34-20(3)19-31-8/h11-18,20-23H,9-10,19H2,1-8H3. The fourth-order valence-electron chi connectivity index (χ4n) is 4.16. The highest BCUT2D eigenvalue weighted by atomic mass is 16.7. The van der Waals surface area contributed by atoms with Crippen LogP contribution in [0.4, 0.5) is 0 Å². The lowest BCUT2D eigenvalue weighted by Gasteiger charge is -2.36. The molecule has 7 heteroatoms. The Morgan fingerprint density at radius 3 is 1.72 bits per heavy atom. The molecule has 0 bridgehead atoms. The second kappa shape index (κ2) is 14.2. The summed E-state index contributed by atoms with van der Waals surface area (Å²) in [6.45, 7) is 14.8. The van der Waals surface area contributed by atoms with Gasteiger partial charge < -0.3 is 28.4 Å². The van der Waals surface area contributed by atoms with Crippen LogP contribution in [0.2, 0.25) is 0 Å². The Morgan fingerprint density at radius 1 is 0.778 bits per heavy atom. The van der Waals surface area contributed by atoms with Gasteiger partial charge in [-0.1, -0.05) is 38.1 Å². The highest BCUT2D eigenvalue weighted by Crippen LogP contribution is 2.41. The summed E-state index contributed by atoms with van der Waals surface area (Å²) in [7, 11) is 1.65. The van der Waals surface area contributed by atoms with E-state index in [-0.39, 0.29) is 18.4 Å². The normalized spacial score (nSPS) is 16.3. The molecule has 0 spiro atoms. The number of esters is 1. The summed E-state index contributed by atoms with van der Waals surface area (Å²) < 4.78 is 33.4. The molecule has 0 aromatic heterocycles. The number of carbonyl (C=O) groups is 1. The molecule has 2 aromatic rings. The number of hydrogen-bond acceptors (Lipinski definition) is 7. The third-order valence-corrected chi connectivity index (χ3v) is 6.25. The van der Waals surface area contributed by atoms with Gasteiger partial charge in [-0.05, 0) is 70.0 Å². The van der Waals surface area contributed by atoms with E-state index in [0.717, 1.165) is 16.9 Å². The zero-order chi connectivity index (χ0) is 26.7. The van der Waals surface area contributed by atoms with Gasteiger partial charge in [-0.25, -0.2) is 0 Å². The van der Waals surface area contributed by atoms with Crippen LogP contribution in [0.5, 0.6) is 11.5 Å². The van der Waals surface area contributed by atoms with E-state index in [9.17, 15) is 4.79 Å². The molecule has 0 N–H and O–H groups in total. The van der Waals surface area contributed by atoms with E-state index in [1.54, 1.807) is 14.0 Å². The van der Waals surface area contributed by atoms with Crippen LogP contribution in [-0.2, 0) is 29.2 Å². The minimum atomic E-state index is -0.691. The Labute approximate surface area is 216 Å². The van der Waals surface area contributed by atoms with Crippen molar-refractivity contribution in [3.63, 3.8) is 0 Å². The fourth-order valence-corrected chi connectivity index (χ4v) is 4.16. The topological polar surface area (TPSA) is 72.5 Å². The molecule has 200 valence electrons. The maximum absolute atomic E-state index is 13.2. The van der Waals surface area contributed by atoms with Crippen LogP contribution in [0.25, 0.3) is 0 Å².